The number of nitrogens with one attached hydrogen (secondary N) is 1. The van der Waals surface area contributed by atoms with Gasteiger partial charge >= 0.3 is 0 Å². The number of hydrogen-bond acceptors (Lipinski definition) is 3. The van der Waals surface area contributed by atoms with Crippen molar-refractivity contribution >= 4 is 0 Å². The van der Waals surface area contributed by atoms with Crippen LogP contribution in [-0.2, 0) is 18.2 Å². The maximum Gasteiger partial charge on any atom is 0.110 e. The number of nitrogens with zero attached hydrogens (tertiary/aromatic N) is 2. The lowest BCUT2D eigenvalue weighted by molar-refractivity contribution is 0.122. The minimum absolute atomic E-state index is 0.362. The Balaban J connectivity index is 2.45. The van der Waals surface area contributed by atoms with Crippen molar-refractivity contribution in [1.29, 1.82) is 0 Å². The first-order valence-electron chi connectivity index (χ1n) is 6.05. The first-order valence-corrected chi connectivity index (χ1v) is 6.05. The molecule has 4 nitrogen and oxygen atoms in total. The van der Waals surface area contributed by atoms with Crippen LogP contribution in [0.4, 0.5) is 0 Å². The van der Waals surface area contributed by atoms with E-state index in [2.05, 4.69) is 21.8 Å². The van der Waals surface area contributed by atoms with Crippen LogP contribution in [-0.4, -0.2) is 35.4 Å². The number of aromatic nitrogens is 2. The van der Waals surface area contributed by atoms with Crippen molar-refractivity contribution in [3.8, 4) is 0 Å². The molecule has 0 aliphatic heterocycles. The van der Waals surface area contributed by atoms with Crippen molar-refractivity contribution in [2.45, 2.75) is 32.7 Å². The van der Waals surface area contributed by atoms with Crippen molar-refractivity contribution in [1.82, 2.24) is 14.9 Å². The first kappa shape index (κ1) is 13.2. The molecule has 0 aromatic carbocycles. The Hall–Kier alpha value is -0.870. The molecule has 0 spiro atoms. The van der Waals surface area contributed by atoms with Crippen molar-refractivity contribution in [2.75, 3.05) is 19.8 Å². The first-order chi connectivity index (χ1) is 7.77. The third-order valence-corrected chi connectivity index (χ3v) is 2.56. The van der Waals surface area contributed by atoms with E-state index in [0.29, 0.717) is 6.04 Å². The van der Waals surface area contributed by atoms with Crippen LogP contribution in [0.5, 0.6) is 0 Å². The Bertz CT molecular complexity index is 278. The molecule has 1 rings (SSSR count). The highest BCUT2D eigenvalue weighted by atomic mass is 16.5. The van der Waals surface area contributed by atoms with E-state index >= 15 is 0 Å². The van der Waals surface area contributed by atoms with E-state index in [1.54, 1.807) is 0 Å². The zero-order valence-corrected chi connectivity index (χ0v) is 10.6. The van der Waals surface area contributed by atoms with Gasteiger partial charge < -0.3 is 14.6 Å². The summed E-state index contributed by atoms with van der Waals surface area (Å²) in [5.41, 5.74) is 0. The van der Waals surface area contributed by atoms with Gasteiger partial charge in [0, 0.05) is 38.5 Å². The molecule has 92 valence electrons. The minimum Gasteiger partial charge on any atom is -0.380 e. The van der Waals surface area contributed by atoms with Gasteiger partial charge in [0.2, 0.25) is 0 Å². The van der Waals surface area contributed by atoms with E-state index in [1.807, 2.05) is 26.4 Å². The summed E-state index contributed by atoms with van der Waals surface area (Å²) >= 11 is 0. The van der Waals surface area contributed by atoms with E-state index in [9.17, 15) is 0 Å². The molecule has 4 heteroatoms. The summed E-state index contributed by atoms with van der Waals surface area (Å²) in [6.07, 6.45) is 5.88. The van der Waals surface area contributed by atoms with Gasteiger partial charge in [-0.25, -0.2) is 4.98 Å². The third kappa shape index (κ3) is 4.33. The lowest BCUT2D eigenvalue weighted by Crippen LogP contribution is -2.36. The van der Waals surface area contributed by atoms with Crippen molar-refractivity contribution in [3.63, 3.8) is 0 Å². The van der Waals surface area contributed by atoms with Crippen LogP contribution < -0.4 is 5.32 Å². The van der Waals surface area contributed by atoms with Crippen molar-refractivity contribution in [2.24, 2.45) is 7.05 Å². The van der Waals surface area contributed by atoms with Crippen molar-refractivity contribution < 1.29 is 4.74 Å². The van der Waals surface area contributed by atoms with Gasteiger partial charge in [0.1, 0.15) is 5.82 Å². The lowest BCUT2D eigenvalue weighted by Gasteiger charge is -2.17. The highest BCUT2D eigenvalue weighted by Gasteiger charge is 2.11. The number of aryl methyl sites for hydroxylation is 1. The van der Waals surface area contributed by atoms with Gasteiger partial charge in [-0.05, 0) is 19.9 Å². The fraction of sp³-hybridized carbons (Fsp3) is 0.750. The molecule has 1 aromatic rings. The number of hydrogen-bond donors (Lipinski definition) is 1. The molecule has 0 saturated heterocycles. The molecule has 0 radical (unpaired) electrons. The third-order valence-electron chi connectivity index (χ3n) is 2.56. The van der Waals surface area contributed by atoms with Crippen LogP contribution in [0.25, 0.3) is 0 Å². The Morgan fingerprint density at radius 3 is 2.88 bits per heavy atom. The van der Waals surface area contributed by atoms with E-state index < -0.39 is 0 Å². The Kier molecular flexibility index (Phi) is 6.11. The summed E-state index contributed by atoms with van der Waals surface area (Å²) in [5, 5.41) is 3.49. The molecule has 16 heavy (non-hydrogen) atoms. The molecule has 0 aliphatic carbocycles. The van der Waals surface area contributed by atoms with Crippen LogP contribution in [0.1, 0.15) is 26.1 Å². The van der Waals surface area contributed by atoms with E-state index in [-0.39, 0.29) is 0 Å². The number of imidazole rings is 1. The molecule has 0 amide bonds. The molecular weight excluding hydrogens is 202 g/mol. The molecule has 1 unspecified atom stereocenters. The summed E-state index contributed by atoms with van der Waals surface area (Å²) < 4.78 is 7.54. The average molecular weight is 225 g/mol. The fourth-order valence-electron chi connectivity index (χ4n) is 1.61. The Morgan fingerprint density at radius 2 is 2.31 bits per heavy atom. The fourth-order valence-corrected chi connectivity index (χ4v) is 1.61. The Labute approximate surface area is 98.0 Å². The smallest absolute Gasteiger partial charge is 0.110 e. The molecular formula is C12H23N3O. The van der Waals surface area contributed by atoms with Crippen LogP contribution in [0, 0.1) is 0 Å². The molecule has 0 bridgehead atoms. The van der Waals surface area contributed by atoms with Gasteiger partial charge in [-0.1, -0.05) is 6.92 Å². The maximum absolute atomic E-state index is 5.48. The largest absolute Gasteiger partial charge is 0.380 e. The van der Waals surface area contributed by atoms with E-state index in [0.717, 1.165) is 38.4 Å². The summed E-state index contributed by atoms with van der Waals surface area (Å²) in [6, 6.07) is 0.362. The Morgan fingerprint density at radius 1 is 1.50 bits per heavy atom. The van der Waals surface area contributed by atoms with Crippen LogP contribution in [0.2, 0.25) is 0 Å². The summed E-state index contributed by atoms with van der Waals surface area (Å²) in [4.78, 5) is 4.34. The van der Waals surface area contributed by atoms with Crippen molar-refractivity contribution in [3.05, 3.63) is 18.2 Å². The van der Waals surface area contributed by atoms with Gasteiger partial charge in [-0.15, -0.1) is 0 Å². The minimum atomic E-state index is 0.362. The van der Waals surface area contributed by atoms with Gasteiger partial charge in [-0.2, -0.15) is 0 Å². The van der Waals surface area contributed by atoms with Crippen LogP contribution in [0.3, 0.4) is 0 Å². The average Bonchev–Trinajstić information content (AvgIpc) is 2.68. The second-order valence-corrected chi connectivity index (χ2v) is 3.97. The topological polar surface area (TPSA) is 39.1 Å². The molecule has 0 saturated carbocycles. The van der Waals surface area contributed by atoms with Gasteiger partial charge in [-0.3, -0.25) is 0 Å². The predicted octanol–water partition coefficient (Wildman–Crippen LogP) is 1.37. The van der Waals surface area contributed by atoms with E-state index in [1.165, 1.54) is 0 Å². The quantitative estimate of drug-likeness (QED) is 0.726. The normalized spacial score (nSPS) is 12.9. The summed E-state index contributed by atoms with van der Waals surface area (Å²) in [7, 11) is 2.03. The highest BCUT2D eigenvalue weighted by molar-refractivity contribution is 4.94. The molecule has 0 aliphatic rings. The predicted molar refractivity (Wildman–Crippen MR) is 65.5 cm³/mol. The van der Waals surface area contributed by atoms with Gasteiger partial charge in [0.05, 0.1) is 6.61 Å². The summed E-state index contributed by atoms with van der Waals surface area (Å²) in [6.45, 7) is 6.75. The SMILES string of the molecule is CCCNC(COCC)Cc1nccn1C. The van der Waals surface area contributed by atoms with Gasteiger partial charge in [0.15, 0.2) is 0 Å². The maximum atomic E-state index is 5.48. The molecule has 0 fully saturated rings. The molecule has 1 heterocycles. The van der Waals surface area contributed by atoms with Gasteiger partial charge in [0.25, 0.3) is 0 Å². The van der Waals surface area contributed by atoms with E-state index in [4.69, 9.17) is 4.74 Å². The van der Waals surface area contributed by atoms with Crippen LogP contribution >= 0.6 is 0 Å². The monoisotopic (exact) mass is 225 g/mol. The zero-order chi connectivity index (χ0) is 11.8. The highest BCUT2D eigenvalue weighted by Crippen LogP contribution is 2.01. The second kappa shape index (κ2) is 7.41. The number of ether oxygens (including phenoxy) is 1. The number of rotatable bonds is 8. The summed E-state index contributed by atoms with van der Waals surface area (Å²) in [5.74, 6) is 1.10. The standard InChI is InChI=1S/C12H23N3O/c1-4-6-13-11(10-16-5-2)9-12-14-7-8-15(12)3/h7-8,11,13H,4-6,9-10H2,1-3H3. The van der Waals surface area contributed by atoms with Crippen LogP contribution in [0.15, 0.2) is 12.4 Å². The zero-order valence-electron chi connectivity index (χ0n) is 10.6. The lowest BCUT2D eigenvalue weighted by atomic mass is 10.2. The molecule has 1 aromatic heterocycles. The second-order valence-electron chi connectivity index (χ2n) is 3.97. The molecule has 1 atom stereocenters. The molecule has 1 N–H and O–H groups in total.